The lowest BCUT2D eigenvalue weighted by Gasteiger charge is -2.34. The Morgan fingerprint density at radius 1 is 0.750 bits per heavy atom. The molecule has 0 radical (unpaired) electrons. The van der Waals surface area contributed by atoms with Crippen LogP contribution in [0.2, 0.25) is 0 Å². The lowest BCUT2D eigenvalue weighted by Crippen LogP contribution is -2.63. The Morgan fingerprint density at radius 3 is 1.82 bits per heavy atom. The van der Waals surface area contributed by atoms with Gasteiger partial charge in [0.1, 0.15) is 11.5 Å². The lowest BCUT2D eigenvalue weighted by molar-refractivity contribution is -0.382. The van der Waals surface area contributed by atoms with E-state index in [-0.39, 0.29) is 0 Å². The highest BCUT2D eigenvalue weighted by Crippen LogP contribution is 2.54. The zero-order valence-corrected chi connectivity index (χ0v) is 23.3. The van der Waals surface area contributed by atoms with Crippen LogP contribution in [0.15, 0.2) is 41.3 Å². The molecule has 0 amide bonds. The van der Waals surface area contributed by atoms with Crippen LogP contribution in [0, 0.1) is 0 Å². The standard InChI is InChI=1S/C22H31S.C4HF9O3S/c1-2-3-4-5-6-7-10-19-11-12-21-18-22(14-13-20(21)17-19)23-15-8-9-16-23;5-1(6,3(9,10)11)2(7,8)4(12,13)17(14,15)16/h11-14,17-18H,2-10,15-16H2,1H3;(H,14,15,16)/q+1;/p-1. The number of hydrogen-bond donors (Lipinski definition) is 0. The molecule has 2 aromatic rings. The van der Waals surface area contributed by atoms with Crippen molar-refractivity contribution in [2.75, 3.05) is 11.5 Å². The average molecular weight is 627 g/mol. The van der Waals surface area contributed by atoms with E-state index >= 15 is 0 Å². The van der Waals surface area contributed by atoms with Gasteiger partial charge in [-0.3, -0.25) is 0 Å². The summed E-state index contributed by atoms with van der Waals surface area (Å²) in [5, 5.41) is -4.24. The summed E-state index contributed by atoms with van der Waals surface area (Å²) < 4.78 is 135. The molecule has 0 aliphatic carbocycles. The third kappa shape index (κ3) is 7.99. The molecule has 0 bridgehead atoms. The van der Waals surface area contributed by atoms with Gasteiger partial charge in [0.25, 0.3) is 0 Å². The van der Waals surface area contributed by atoms with Gasteiger partial charge in [-0.05, 0) is 54.2 Å². The van der Waals surface area contributed by atoms with Crippen LogP contribution in [0.1, 0.15) is 63.9 Å². The van der Waals surface area contributed by atoms with E-state index in [9.17, 15) is 52.5 Å². The van der Waals surface area contributed by atoms with Crippen LogP contribution in [-0.2, 0) is 27.4 Å². The minimum absolute atomic E-state index is 0.539. The Hall–Kier alpha value is -1.67. The molecule has 2 aromatic carbocycles. The van der Waals surface area contributed by atoms with Crippen molar-refractivity contribution in [1.82, 2.24) is 0 Å². The van der Waals surface area contributed by atoms with Gasteiger partial charge in [0, 0.05) is 17.0 Å². The molecule has 0 aromatic heterocycles. The molecule has 1 fully saturated rings. The summed E-state index contributed by atoms with van der Waals surface area (Å²) >= 11 is 0. The second-order valence-corrected chi connectivity index (χ2v) is 13.3. The normalized spacial score (nSPS) is 15.8. The van der Waals surface area contributed by atoms with E-state index in [1.807, 2.05) is 0 Å². The molecule has 1 aliphatic heterocycles. The van der Waals surface area contributed by atoms with Crippen molar-refractivity contribution in [2.24, 2.45) is 0 Å². The molecule has 3 nitrogen and oxygen atoms in total. The molecule has 0 N–H and O–H groups in total. The molecule has 1 aliphatic rings. The largest absolute Gasteiger partial charge is 0.743 e. The summed E-state index contributed by atoms with van der Waals surface area (Å²) in [4.78, 5) is 1.60. The van der Waals surface area contributed by atoms with Gasteiger partial charge in [0.2, 0.25) is 0 Å². The number of hydrogen-bond acceptors (Lipinski definition) is 3. The Bertz CT molecular complexity index is 1210. The Balaban J connectivity index is 0.000000296. The average Bonchev–Trinajstić information content (AvgIpc) is 3.40. The summed E-state index contributed by atoms with van der Waals surface area (Å²) in [6.45, 7) is 2.29. The highest BCUT2D eigenvalue weighted by Gasteiger charge is 2.83. The van der Waals surface area contributed by atoms with E-state index in [4.69, 9.17) is 0 Å². The van der Waals surface area contributed by atoms with Crippen molar-refractivity contribution >= 4 is 31.8 Å². The fraction of sp³-hybridized carbons (Fsp3) is 0.615. The number of aryl methyl sites for hydroxylation is 1. The van der Waals surface area contributed by atoms with Gasteiger partial charge >= 0.3 is 23.3 Å². The van der Waals surface area contributed by atoms with Gasteiger partial charge in [-0.15, -0.1) is 0 Å². The molecule has 0 atom stereocenters. The zero-order chi connectivity index (χ0) is 30.4. The predicted octanol–water partition coefficient (Wildman–Crippen LogP) is 8.47. The first kappa shape index (κ1) is 34.5. The van der Waals surface area contributed by atoms with Gasteiger partial charge in [0.05, 0.1) is 0 Å². The molecule has 1 heterocycles. The molecule has 0 saturated carbocycles. The summed E-state index contributed by atoms with van der Waals surface area (Å²) in [6, 6.07) is 14.3. The first-order chi connectivity index (χ1) is 18.4. The summed E-state index contributed by atoms with van der Waals surface area (Å²) in [5.74, 6) is -12.0. The van der Waals surface area contributed by atoms with Gasteiger partial charge in [-0.2, -0.15) is 39.5 Å². The number of rotatable bonds is 11. The van der Waals surface area contributed by atoms with E-state index in [1.54, 1.807) is 4.90 Å². The fourth-order valence-electron chi connectivity index (χ4n) is 4.13. The molecular formula is C26H31F9O3S2. The van der Waals surface area contributed by atoms with Crippen molar-refractivity contribution in [1.29, 1.82) is 0 Å². The third-order valence-electron chi connectivity index (χ3n) is 6.49. The number of alkyl halides is 9. The number of fused-ring (bicyclic) bond motifs is 1. The van der Waals surface area contributed by atoms with Crippen LogP contribution in [0.25, 0.3) is 10.8 Å². The van der Waals surface area contributed by atoms with Gasteiger partial charge < -0.3 is 4.55 Å². The van der Waals surface area contributed by atoms with Crippen molar-refractivity contribution in [2.45, 2.75) is 92.9 Å². The third-order valence-corrected chi connectivity index (χ3v) is 9.86. The van der Waals surface area contributed by atoms with Crippen LogP contribution in [0.4, 0.5) is 39.5 Å². The van der Waals surface area contributed by atoms with Crippen LogP contribution in [-0.4, -0.2) is 47.8 Å². The molecular weight excluding hydrogens is 595 g/mol. The van der Waals surface area contributed by atoms with E-state index < -0.39 is 33.4 Å². The van der Waals surface area contributed by atoms with Gasteiger partial charge in [0.15, 0.2) is 15.0 Å². The van der Waals surface area contributed by atoms with Crippen LogP contribution >= 0.6 is 0 Å². The lowest BCUT2D eigenvalue weighted by atomic mass is 10.0. The number of benzene rings is 2. The number of halogens is 9. The van der Waals surface area contributed by atoms with Gasteiger partial charge in [-0.25, -0.2) is 8.42 Å². The minimum atomic E-state index is -7.43. The smallest absolute Gasteiger partial charge is 0.460 e. The maximum Gasteiger partial charge on any atom is 0.460 e. The second-order valence-electron chi connectivity index (χ2n) is 9.59. The van der Waals surface area contributed by atoms with Crippen LogP contribution in [0.5, 0.6) is 0 Å². The van der Waals surface area contributed by atoms with E-state index in [0.717, 1.165) is 0 Å². The highest BCUT2D eigenvalue weighted by molar-refractivity contribution is 7.97. The molecule has 1 saturated heterocycles. The van der Waals surface area contributed by atoms with E-state index in [1.165, 1.54) is 85.6 Å². The summed E-state index contributed by atoms with van der Waals surface area (Å²) in [6.07, 6.45) is 5.24. The predicted molar refractivity (Wildman–Crippen MR) is 136 cm³/mol. The maximum atomic E-state index is 12.2. The van der Waals surface area contributed by atoms with Crippen molar-refractivity contribution < 1.29 is 52.5 Å². The van der Waals surface area contributed by atoms with Crippen LogP contribution < -0.4 is 0 Å². The summed E-state index contributed by atoms with van der Waals surface area (Å²) in [7, 11) is -6.88. The fourth-order valence-corrected chi connectivity index (χ4v) is 6.90. The van der Waals surface area contributed by atoms with Crippen molar-refractivity contribution in [3.63, 3.8) is 0 Å². The monoisotopic (exact) mass is 626 g/mol. The van der Waals surface area contributed by atoms with E-state index in [0.29, 0.717) is 10.9 Å². The quantitative estimate of drug-likeness (QED) is 0.109. The van der Waals surface area contributed by atoms with Crippen LogP contribution in [0.3, 0.4) is 0 Å². The summed E-state index contributed by atoms with van der Waals surface area (Å²) in [5.41, 5.74) is 1.52. The molecule has 0 spiro atoms. The number of unbranched alkanes of at least 4 members (excludes halogenated alkanes) is 5. The molecule has 228 valence electrons. The molecule has 3 rings (SSSR count). The van der Waals surface area contributed by atoms with Crippen molar-refractivity contribution in [3.8, 4) is 0 Å². The second kappa shape index (κ2) is 13.5. The Kier molecular flexibility index (Phi) is 11.7. The van der Waals surface area contributed by atoms with Gasteiger partial charge in [-0.1, -0.05) is 57.2 Å². The SMILES string of the molecule is CCCCCCCCc1ccc2cc([S+]3CCCC3)ccc2c1.O=S(=O)([O-])C(F)(F)C(F)(F)C(F)(F)C(F)(F)F. The minimum Gasteiger partial charge on any atom is -0.743 e. The molecule has 0 unspecified atom stereocenters. The topological polar surface area (TPSA) is 57.2 Å². The maximum absolute atomic E-state index is 12.2. The Morgan fingerprint density at radius 2 is 1.27 bits per heavy atom. The van der Waals surface area contributed by atoms with E-state index in [2.05, 4.69) is 43.3 Å². The molecule has 40 heavy (non-hydrogen) atoms. The Labute approximate surface area is 230 Å². The first-order valence-corrected chi connectivity index (χ1v) is 15.7. The van der Waals surface area contributed by atoms with Crippen molar-refractivity contribution in [3.05, 3.63) is 42.0 Å². The zero-order valence-electron chi connectivity index (χ0n) is 21.7. The first-order valence-electron chi connectivity index (χ1n) is 12.7. The molecule has 14 heteroatoms. The highest BCUT2D eigenvalue weighted by atomic mass is 32.2.